The molecule has 3 unspecified atom stereocenters. The number of carboxylic acid groups (broad SMARTS) is 1. The van der Waals surface area contributed by atoms with Crippen molar-refractivity contribution in [1.29, 1.82) is 0 Å². The van der Waals surface area contributed by atoms with Crippen molar-refractivity contribution in [1.82, 2.24) is 5.32 Å². The van der Waals surface area contributed by atoms with E-state index in [1.54, 1.807) is 0 Å². The van der Waals surface area contributed by atoms with Gasteiger partial charge in [0.25, 0.3) is 0 Å². The van der Waals surface area contributed by atoms with E-state index < -0.39 is 6.09 Å². The highest BCUT2D eigenvalue weighted by Crippen LogP contribution is 2.29. The molecule has 0 aliphatic heterocycles. The summed E-state index contributed by atoms with van der Waals surface area (Å²) in [6, 6.07) is -0.300. The monoisotopic (exact) mass is 215 g/mol. The van der Waals surface area contributed by atoms with Crippen LogP contribution in [0.25, 0.3) is 0 Å². The fraction of sp³-hybridized carbons (Fsp3) is 0.800. The fourth-order valence-electron chi connectivity index (χ4n) is 2.12. The number of methoxy groups -OCH3 is 1. The first kappa shape index (κ1) is 11.8. The van der Waals surface area contributed by atoms with E-state index in [1.807, 2.05) is 0 Å². The van der Waals surface area contributed by atoms with Gasteiger partial charge >= 0.3 is 12.1 Å². The van der Waals surface area contributed by atoms with E-state index in [9.17, 15) is 9.59 Å². The molecule has 0 aromatic heterocycles. The minimum atomic E-state index is -1.08. The van der Waals surface area contributed by atoms with E-state index in [-0.39, 0.29) is 17.9 Å². The summed E-state index contributed by atoms with van der Waals surface area (Å²) in [5.74, 6) is -0.212. The molecule has 1 rings (SSSR count). The largest absolute Gasteiger partial charge is 0.469 e. The van der Waals surface area contributed by atoms with E-state index >= 15 is 0 Å². The summed E-state index contributed by atoms with van der Waals surface area (Å²) < 4.78 is 4.68. The molecular formula is C10H17NO4. The quantitative estimate of drug-likeness (QED) is 0.679. The molecule has 1 fully saturated rings. The molecule has 0 radical (unpaired) electrons. The standard InChI is InChI=1S/C10H17NO4/c1-6-3-4-8(11-10(13)14)7(5-6)9(12)15-2/h6-8,11H,3-5H2,1-2H3,(H,13,14). The van der Waals surface area contributed by atoms with Crippen LogP contribution in [0.3, 0.4) is 0 Å². The minimum absolute atomic E-state index is 0.300. The Morgan fingerprint density at radius 2 is 2.07 bits per heavy atom. The summed E-state index contributed by atoms with van der Waals surface area (Å²) in [7, 11) is 1.33. The van der Waals surface area contributed by atoms with Crippen molar-refractivity contribution >= 4 is 12.1 Å². The van der Waals surface area contributed by atoms with Crippen LogP contribution in [0.5, 0.6) is 0 Å². The fourth-order valence-corrected chi connectivity index (χ4v) is 2.12. The van der Waals surface area contributed by atoms with Crippen LogP contribution in [0, 0.1) is 11.8 Å². The predicted octanol–water partition coefficient (Wildman–Crippen LogP) is 1.23. The molecule has 0 heterocycles. The summed E-state index contributed by atoms with van der Waals surface area (Å²) in [5, 5.41) is 11.0. The Labute approximate surface area is 88.8 Å². The first-order chi connectivity index (χ1) is 7.04. The predicted molar refractivity (Wildman–Crippen MR) is 53.5 cm³/mol. The molecule has 0 aromatic rings. The maximum atomic E-state index is 11.4. The van der Waals surface area contributed by atoms with Gasteiger partial charge in [0.1, 0.15) is 0 Å². The highest BCUT2D eigenvalue weighted by molar-refractivity contribution is 5.74. The second-order valence-corrected chi connectivity index (χ2v) is 4.10. The number of hydrogen-bond donors (Lipinski definition) is 2. The number of amides is 1. The lowest BCUT2D eigenvalue weighted by atomic mass is 9.79. The molecule has 3 atom stereocenters. The molecule has 1 saturated carbocycles. The van der Waals surface area contributed by atoms with Gasteiger partial charge in [-0.25, -0.2) is 4.79 Å². The second kappa shape index (κ2) is 5.00. The zero-order chi connectivity index (χ0) is 11.4. The van der Waals surface area contributed by atoms with E-state index in [0.717, 1.165) is 6.42 Å². The number of hydrogen-bond acceptors (Lipinski definition) is 3. The average molecular weight is 215 g/mol. The average Bonchev–Trinajstić information content (AvgIpc) is 2.19. The molecule has 0 saturated heterocycles. The summed E-state index contributed by atoms with van der Waals surface area (Å²) in [6.45, 7) is 2.06. The Balaban J connectivity index is 2.65. The normalized spacial score (nSPS) is 30.7. The van der Waals surface area contributed by atoms with Crippen LogP contribution in [0.15, 0.2) is 0 Å². The van der Waals surface area contributed by atoms with Gasteiger partial charge < -0.3 is 15.2 Å². The van der Waals surface area contributed by atoms with E-state index in [0.29, 0.717) is 18.8 Å². The van der Waals surface area contributed by atoms with Gasteiger partial charge in [-0.1, -0.05) is 6.92 Å². The third-order valence-electron chi connectivity index (χ3n) is 2.93. The van der Waals surface area contributed by atoms with Gasteiger partial charge in [-0.15, -0.1) is 0 Å². The van der Waals surface area contributed by atoms with Crippen LogP contribution in [0.1, 0.15) is 26.2 Å². The van der Waals surface area contributed by atoms with Crippen molar-refractivity contribution in [3.63, 3.8) is 0 Å². The Kier molecular flexibility index (Phi) is 3.94. The number of carbonyl (C=O) groups excluding carboxylic acids is 1. The highest BCUT2D eigenvalue weighted by Gasteiger charge is 2.35. The third-order valence-corrected chi connectivity index (χ3v) is 2.93. The van der Waals surface area contributed by atoms with Crippen LogP contribution in [-0.2, 0) is 9.53 Å². The molecule has 0 bridgehead atoms. The van der Waals surface area contributed by atoms with E-state index in [2.05, 4.69) is 17.0 Å². The molecule has 1 amide bonds. The lowest BCUT2D eigenvalue weighted by molar-refractivity contribution is -0.148. The summed E-state index contributed by atoms with van der Waals surface area (Å²) >= 11 is 0. The minimum Gasteiger partial charge on any atom is -0.469 e. The SMILES string of the molecule is COC(=O)C1CC(C)CCC1NC(=O)O. The number of nitrogens with one attached hydrogen (secondary N) is 1. The van der Waals surface area contributed by atoms with Gasteiger partial charge in [-0.3, -0.25) is 4.79 Å². The lowest BCUT2D eigenvalue weighted by Crippen LogP contribution is -2.46. The zero-order valence-electron chi connectivity index (χ0n) is 9.03. The van der Waals surface area contributed by atoms with Gasteiger partial charge in [0.2, 0.25) is 0 Å². The van der Waals surface area contributed by atoms with Crippen molar-refractivity contribution in [2.45, 2.75) is 32.2 Å². The highest BCUT2D eigenvalue weighted by atomic mass is 16.5. The number of ether oxygens (including phenoxy) is 1. The molecule has 0 spiro atoms. The number of carbonyl (C=O) groups is 2. The molecule has 1 aliphatic rings. The van der Waals surface area contributed by atoms with Crippen LogP contribution in [-0.4, -0.2) is 30.3 Å². The molecule has 2 N–H and O–H groups in total. The molecule has 86 valence electrons. The molecule has 5 heteroatoms. The lowest BCUT2D eigenvalue weighted by Gasteiger charge is -2.32. The van der Waals surface area contributed by atoms with E-state index in [4.69, 9.17) is 5.11 Å². The van der Waals surface area contributed by atoms with Gasteiger partial charge in [0, 0.05) is 6.04 Å². The van der Waals surface area contributed by atoms with Crippen LogP contribution in [0.4, 0.5) is 4.79 Å². The van der Waals surface area contributed by atoms with Crippen molar-refractivity contribution in [2.75, 3.05) is 7.11 Å². The van der Waals surface area contributed by atoms with Crippen molar-refractivity contribution in [3.8, 4) is 0 Å². The Morgan fingerprint density at radius 1 is 1.40 bits per heavy atom. The van der Waals surface area contributed by atoms with Gasteiger partial charge in [-0.05, 0) is 25.2 Å². The van der Waals surface area contributed by atoms with Crippen molar-refractivity contribution < 1.29 is 19.4 Å². The first-order valence-corrected chi connectivity index (χ1v) is 5.12. The summed E-state index contributed by atoms with van der Waals surface area (Å²) in [4.78, 5) is 22.0. The third kappa shape index (κ3) is 3.11. The second-order valence-electron chi connectivity index (χ2n) is 4.10. The van der Waals surface area contributed by atoms with Crippen molar-refractivity contribution in [2.24, 2.45) is 11.8 Å². The van der Waals surface area contributed by atoms with Crippen LogP contribution >= 0.6 is 0 Å². The molecule has 1 aliphatic carbocycles. The van der Waals surface area contributed by atoms with Gasteiger partial charge in [0.15, 0.2) is 0 Å². The van der Waals surface area contributed by atoms with Crippen LogP contribution in [0.2, 0.25) is 0 Å². The van der Waals surface area contributed by atoms with Gasteiger partial charge in [-0.2, -0.15) is 0 Å². The summed E-state index contributed by atoms with van der Waals surface area (Å²) in [5.41, 5.74) is 0. The zero-order valence-corrected chi connectivity index (χ0v) is 9.03. The molecular weight excluding hydrogens is 198 g/mol. The Hall–Kier alpha value is -1.26. The smallest absolute Gasteiger partial charge is 0.404 e. The maximum absolute atomic E-state index is 11.4. The maximum Gasteiger partial charge on any atom is 0.404 e. The first-order valence-electron chi connectivity index (χ1n) is 5.12. The molecule has 15 heavy (non-hydrogen) atoms. The van der Waals surface area contributed by atoms with E-state index in [1.165, 1.54) is 7.11 Å². The topological polar surface area (TPSA) is 75.6 Å². The summed E-state index contributed by atoms with van der Waals surface area (Å²) in [6.07, 6.45) is 1.26. The van der Waals surface area contributed by atoms with Crippen molar-refractivity contribution in [3.05, 3.63) is 0 Å². The van der Waals surface area contributed by atoms with Crippen LogP contribution < -0.4 is 5.32 Å². The van der Waals surface area contributed by atoms with Gasteiger partial charge in [0.05, 0.1) is 13.0 Å². The Morgan fingerprint density at radius 3 is 2.60 bits per heavy atom. The molecule has 0 aromatic carbocycles. The number of rotatable bonds is 2. The molecule has 5 nitrogen and oxygen atoms in total. The Bertz CT molecular complexity index is 254. The number of esters is 1.